The number of hydrogen-bond acceptors (Lipinski definition) is 12. The Hall–Kier alpha value is -8.52. The first-order valence-electron chi connectivity index (χ1n) is 22.2. The number of pyridine rings is 2. The van der Waals surface area contributed by atoms with E-state index in [9.17, 15) is 38.5 Å². The van der Waals surface area contributed by atoms with Gasteiger partial charge < -0.3 is 31.1 Å². The van der Waals surface area contributed by atoms with Crippen LogP contribution in [0.3, 0.4) is 0 Å². The van der Waals surface area contributed by atoms with Crippen LogP contribution in [0.25, 0.3) is 33.9 Å². The van der Waals surface area contributed by atoms with E-state index >= 15 is 0 Å². The van der Waals surface area contributed by atoms with Gasteiger partial charge in [-0.3, -0.25) is 19.2 Å². The first-order chi connectivity index (χ1) is 33.0. The number of carbonyl (C=O) groups is 4. The molecule has 0 saturated carbocycles. The third kappa shape index (κ3) is 6.86. The van der Waals surface area contributed by atoms with E-state index in [2.05, 4.69) is 41.0 Å². The zero-order valence-electron chi connectivity index (χ0n) is 36.3. The Morgan fingerprint density at radius 1 is 0.574 bits per heavy atom. The molecule has 10 heterocycles. The molecular formula is C48H40F2N14O4. The summed E-state index contributed by atoms with van der Waals surface area (Å²) in [5.74, 6) is -0.0878. The average Bonchev–Trinajstić information content (AvgIpc) is 4.21. The smallest absolute Gasteiger partial charge is 0.255 e. The van der Waals surface area contributed by atoms with Gasteiger partial charge in [-0.05, 0) is 62.1 Å². The second-order valence-corrected chi connectivity index (χ2v) is 17.8. The molecule has 4 aromatic heterocycles. The van der Waals surface area contributed by atoms with Crippen LogP contribution in [0.1, 0.15) is 68.9 Å². The van der Waals surface area contributed by atoms with Crippen molar-refractivity contribution in [3.05, 3.63) is 118 Å². The van der Waals surface area contributed by atoms with Gasteiger partial charge >= 0.3 is 0 Å². The van der Waals surface area contributed by atoms with Crippen molar-refractivity contribution in [2.75, 3.05) is 49.1 Å². The van der Waals surface area contributed by atoms with E-state index in [1.165, 1.54) is 36.4 Å². The Labute approximate surface area is 386 Å². The van der Waals surface area contributed by atoms with Crippen molar-refractivity contribution in [3.63, 3.8) is 0 Å². The Morgan fingerprint density at radius 2 is 1.01 bits per heavy atom. The molecule has 12 rings (SSSR count). The van der Waals surface area contributed by atoms with Gasteiger partial charge in [-0.1, -0.05) is 12.1 Å². The first kappa shape index (κ1) is 42.1. The summed E-state index contributed by atoms with van der Waals surface area (Å²) in [5, 5.41) is 39.8. The van der Waals surface area contributed by atoms with Crippen molar-refractivity contribution in [2.24, 2.45) is 10.8 Å². The zero-order chi connectivity index (χ0) is 46.9. The number of nitrogens with one attached hydrogen (secondary N) is 4. The molecule has 68 heavy (non-hydrogen) atoms. The van der Waals surface area contributed by atoms with Gasteiger partial charge in [0.05, 0.1) is 104 Å². The third-order valence-corrected chi connectivity index (χ3v) is 14.0. The van der Waals surface area contributed by atoms with E-state index < -0.39 is 11.6 Å². The zero-order valence-corrected chi connectivity index (χ0v) is 36.3. The predicted octanol–water partition coefficient (Wildman–Crippen LogP) is 3.81. The second kappa shape index (κ2) is 16.1. The lowest BCUT2D eigenvalue weighted by Crippen LogP contribution is -2.34. The summed E-state index contributed by atoms with van der Waals surface area (Å²) in [5.41, 5.74) is 2.92. The largest absolute Gasteiger partial charge is 0.356 e. The van der Waals surface area contributed by atoms with E-state index in [0.29, 0.717) is 84.8 Å². The highest BCUT2D eigenvalue weighted by atomic mass is 19.1. The normalized spacial score (nSPS) is 21.0. The molecule has 18 nitrogen and oxygen atoms in total. The first-order valence-corrected chi connectivity index (χ1v) is 22.2. The number of halogens is 2. The molecule has 6 aromatic rings. The topological polar surface area (TPSA) is 232 Å². The Morgan fingerprint density at radius 3 is 1.41 bits per heavy atom. The minimum Gasteiger partial charge on any atom is -0.356 e. The van der Waals surface area contributed by atoms with Crippen LogP contribution in [0.4, 0.5) is 20.4 Å². The molecule has 340 valence electrons. The molecule has 2 atom stereocenters. The number of carbonyl (C=O) groups excluding carboxylic acids is 4. The van der Waals surface area contributed by atoms with Gasteiger partial charge in [0.25, 0.3) is 11.8 Å². The lowest BCUT2D eigenvalue weighted by atomic mass is 9.86. The van der Waals surface area contributed by atoms with Crippen LogP contribution < -0.4 is 31.1 Å². The SMILES string of the molecule is N#Cc1cccc(F)c1-c1cc(-n2ccc(N3CCC4(CCNC4=O)C3)n2)c2c(n1)CNC2=O.N#Cc1cccc(F)c1-c1cc(-n2ccc(N3CC[C@]4(CCNC4=O)C3)n2)c2c(n1)CNC2=O. The van der Waals surface area contributed by atoms with E-state index in [1.807, 2.05) is 24.3 Å². The lowest BCUT2D eigenvalue weighted by molar-refractivity contribution is -0.127. The number of amides is 4. The molecule has 6 aliphatic rings. The molecule has 0 bridgehead atoms. The average molecular weight is 915 g/mol. The van der Waals surface area contributed by atoms with Crippen molar-refractivity contribution >= 4 is 35.3 Å². The van der Waals surface area contributed by atoms with Crippen molar-refractivity contribution in [2.45, 2.75) is 38.8 Å². The van der Waals surface area contributed by atoms with Crippen molar-refractivity contribution in [3.8, 4) is 46.0 Å². The molecule has 2 aromatic carbocycles. The number of rotatable bonds is 6. The molecule has 2 spiro atoms. The van der Waals surface area contributed by atoms with Gasteiger partial charge in [-0.2, -0.15) is 20.7 Å². The number of aromatic nitrogens is 6. The maximum absolute atomic E-state index is 14.7. The van der Waals surface area contributed by atoms with Gasteiger partial charge in [-0.25, -0.2) is 28.1 Å². The van der Waals surface area contributed by atoms with E-state index in [1.54, 1.807) is 33.9 Å². The fourth-order valence-electron chi connectivity index (χ4n) is 10.4. The summed E-state index contributed by atoms with van der Waals surface area (Å²) in [6.45, 7) is 4.43. The molecule has 4 fully saturated rings. The Bertz CT molecular complexity index is 3030. The summed E-state index contributed by atoms with van der Waals surface area (Å²) in [4.78, 5) is 63.0. The van der Waals surface area contributed by atoms with Gasteiger partial charge in [0, 0.05) is 63.8 Å². The van der Waals surface area contributed by atoms with Crippen LogP contribution >= 0.6 is 0 Å². The molecule has 1 unspecified atom stereocenters. The fraction of sp³-hybridized carbons (Fsp3) is 0.292. The number of fused-ring (bicyclic) bond motifs is 2. The van der Waals surface area contributed by atoms with Gasteiger partial charge in [-0.15, -0.1) is 0 Å². The molecule has 4 N–H and O–H groups in total. The summed E-state index contributed by atoms with van der Waals surface area (Å²) >= 11 is 0. The second-order valence-electron chi connectivity index (χ2n) is 17.8. The Balaban J connectivity index is 0.000000149. The molecule has 0 radical (unpaired) electrons. The molecule has 0 aliphatic carbocycles. The molecular weight excluding hydrogens is 875 g/mol. The van der Waals surface area contributed by atoms with E-state index in [0.717, 1.165) is 25.7 Å². The number of anilines is 2. The van der Waals surface area contributed by atoms with Crippen LogP contribution in [0.2, 0.25) is 0 Å². The van der Waals surface area contributed by atoms with Gasteiger partial charge in [0.2, 0.25) is 11.8 Å². The summed E-state index contributed by atoms with van der Waals surface area (Å²) < 4.78 is 32.6. The number of hydrogen-bond donors (Lipinski definition) is 4. The number of nitrogens with zero attached hydrogens (tertiary/aromatic N) is 10. The third-order valence-electron chi connectivity index (χ3n) is 14.0. The monoisotopic (exact) mass is 914 g/mol. The van der Waals surface area contributed by atoms with Crippen LogP contribution in [0.5, 0.6) is 0 Å². The fourth-order valence-corrected chi connectivity index (χ4v) is 10.4. The van der Waals surface area contributed by atoms with Crippen LogP contribution in [0, 0.1) is 45.1 Å². The van der Waals surface area contributed by atoms with E-state index in [4.69, 9.17) is 10.2 Å². The van der Waals surface area contributed by atoms with Crippen molar-refractivity contribution in [1.82, 2.24) is 50.8 Å². The summed E-state index contributed by atoms with van der Waals surface area (Å²) in [6.07, 6.45) is 6.65. The maximum atomic E-state index is 14.7. The minimum absolute atomic E-state index is 0.0921. The molecule has 6 aliphatic heterocycles. The predicted molar refractivity (Wildman–Crippen MR) is 239 cm³/mol. The van der Waals surface area contributed by atoms with Gasteiger partial charge in [0.15, 0.2) is 11.6 Å². The van der Waals surface area contributed by atoms with Crippen molar-refractivity contribution in [1.29, 1.82) is 10.5 Å². The molecule has 20 heteroatoms. The molecule has 4 saturated heterocycles. The number of benzene rings is 2. The summed E-state index contributed by atoms with van der Waals surface area (Å²) in [6, 6.07) is 19.5. The molecule has 4 amide bonds. The highest BCUT2D eigenvalue weighted by Gasteiger charge is 2.49. The highest BCUT2D eigenvalue weighted by Crippen LogP contribution is 2.41. The quantitative estimate of drug-likeness (QED) is 0.187. The summed E-state index contributed by atoms with van der Waals surface area (Å²) in [7, 11) is 0. The highest BCUT2D eigenvalue weighted by molar-refractivity contribution is 6.02. The minimum atomic E-state index is -0.562. The lowest BCUT2D eigenvalue weighted by Gasteiger charge is -2.20. The Kier molecular flexibility index (Phi) is 9.99. The van der Waals surface area contributed by atoms with Crippen LogP contribution in [-0.4, -0.2) is 92.4 Å². The standard InChI is InChI=1S/2C24H20FN7O2/c2*25-15-3-1-2-14(11-26)20(15)16-10-18(21-17(29-16)12-28-22(21)33)32-8-4-19(30-32)31-9-6-24(13-31)5-7-27-23(24)34/h2*1-4,8,10H,5-7,9,12-13H2,(H,27,34)(H,28,33)/t24-;/m1./s1. The maximum Gasteiger partial charge on any atom is 0.255 e. The number of nitriles is 2. The van der Waals surface area contributed by atoms with Crippen LogP contribution in [0.15, 0.2) is 73.1 Å². The van der Waals surface area contributed by atoms with Crippen LogP contribution in [-0.2, 0) is 22.7 Å². The van der Waals surface area contributed by atoms with Crippen molar-refractivity contribution < 1.29 is 28.0 Å². The van der Waals surface area contributed by atoms with Gasteiger partial charge in [0.1, 0.15) is 11.6 Å². The van der Waals surface area contributed by atoms with E-state index in [-0.39, 0.29) is 81.2 Å².